The maximum Gasteiger partial charge on any atom is 0.407 e. The van der Waals surface area contributed by atoms with Crippen LogP contribution in [0.15, 0.2) is 59.5 Å². The molecule has 3 N–H and O–H groups in total. The van der Waals surface area contributed by atoms with Crippen LogP contribution >= 0.6 is 0 Å². The normalized spacial score (nSPS) is 12.7. The van der Waals surface area contributed by atoms with Gasteiger partial charge < -0.3 is 24.8 Å². The topological polar surface area (TPSA) is 149 Å². The highest BCUT2D eigenvalue weighted by atomic mass is 32.2. The maximum atomic E-state index is 12.8. The van der Waals surface area contributed by atoms with Crippen LogP contribution in [0.5, 0.6) is 5.75 Å². The van der Waals surface area contributed by atoms with Crippen molar-refractivity contribution in [1.29, 1.82) is 0 Å². The molecule has 12 heteroatoms. The average molecular weight is 564 g/mol. The van der Waals surface area contributed by atoms with Crippen LogP contribution in [0.3, 0.4) is 0 Å². The van der Waals surface area contributed by atoms with Crippen LogP contribution in [0.25, 0.3) is 0 Å². The lowest BCUT2D eigenvalue weighted by molar-refractivity contribution is -0.156. The molecule has 0 saturated heterocycles. The van der Waals surface area contributed by atoms with E-state index in [9.17, 15) is 22.8 Å². The van der Waals surface area contributed by atoms with E-state index in [1.54, 1.807) is 71.9 Å². The van der Waals surface area contributed by atoms with Crippen LogP contribution in [-0.2, 0) is 24.3 Å². The summed E-state index contributed by atoms with van der Waals surface area (Å²) in [5.41, 5.74) is -1.20. The highest BCUT2D eigenvalue weighted by Crippen LogP contribution is 2.14. The number of ether oxygens (including phenoxy) is 3. The third-order valence-electron chi connectivity index (χ3n) is 4.66. The summed E-state index contributed by atoms with van der Waals surface area (Å²) in [7, 11) is -4.06. The first-order chi connectivity index (χ1) is 18.1. The van der Waals surface area contributed by atoms with E-state index in [1.165, 1.54) is 24.3 Å². The summed E-state index contributed by atoms with van der Waals surface area (Å²) >= 11 is 0. The SMILES string of the molecule is CC(C)(C)OC(=O)NCCOc1ccc(C(=O)NCC(NS(=O)(=O)c2ccccc2)C(=O)OC(C)(C)C)cc1. The summed E-state index contributed by atoms with van der Waals surface area (Å²) in [5.74, 6) is -0.883. The fraction of sp³-hybridized carbons (Fsp3) is 0.444. The first kappa shape index (κ1) is 31.6. The molecule has 0 aromatic heterocycles. The van der Waals surface area contributed by atoms with Gasteiger partial charge in [-0.25, -0.2) is 13.2 Å². The molecule has 2 aromatic carbocycles. The Balaban J connectivity index is 1.96. The van der Waals surface area contributed by atoms with Gasteiger partial charge in [0.1, 0.15) is 29.6 Å². The van der Waals surface area contributed by atoms with Gasteiger partial charge in [0.05, 0.1) is 11.4 Å². The number of nitrogens with one attached hydrogen (secondary N) is 3. The Kier molecular flexibility index (Phi) is 10.9. The molecule has 2 amide bonds. The summed E-state index contributed by atoms with van der Waals surface area (Å²) in [4.78, 5) is 37.1. The number of amides is 2. The van der Waals surface area contributed by atoms with Gasteiger partial charge >= 0.3 is 12.1 Å². The van der Waals surface area contributed by atoms with E-state index in [2.05, 4.69) is 15.4 Å². The highest BCUT2D eigenvalue weighted by molar-refractivity contribution is 7.89. The number of sulfonamides is 1. The van der Waals surface area contributed by atoms with Crippen molar-refractivity contribution in [2.24, 2.45) is 0 Å². The Morgan fingerprint density at radius 1 is 0.821 bits per heavy atom. The highest BCUT2D eigenvalue weighted by Gasteiger charge is 2.30. The molecule has 0 saturated carbocycles. The number of carbonyl (C=O) groups is 3. The molecule has 214 valence electrons. The van der Waals surface area contributed by atoms with Crippen molar-refractivity contribution in [3.8, 4) is 5.75 Å². The number of hydrogen-bond donors (Lipinski definition) is 3. The Morgan fingerprint density at radius 2 is 1.41 bits per heavy atom. The van der Waals surface area contributed by atoms with Gasteiger partial charge in [-0.05, 0) is 77.9 Å². The largest absolute Gasteiger partial charge is 0.492 e. The van der Waals surface area contributed by atoms with Crippen molar-refractivity contribution in [1.82, 2.24) is 15.4 Å². The van der Waals surface area contributed by atoms with E-state index < -0.39 is 45.2 Å². The van der Waals surface area contributed by atoms with Crippen molar-refractivity contribution < 1.29 is 37.0 Å². The van der Waals surface area contributed by atoms with Crippen LogP contribution in [0, 0.1) is 0 Å². The van der Waals surface area contributed by atoms with Crippen molar-refractivity contribution in [3.05, 3.63) is 60.2 Å². The third kappa shape index (κ3) is 11.7. The van der Waals surface area contributed by atoms with E-state index in [0.29, 0.717) is 5.75 Å². The second-order valence-electron chi connectivity index (χ2n) is 10.5. The Labute approximate surface area is 229 Å². The minimum atomic E-state index is -4.06. The molecule has 1 unspecified atom stereocenters. The molecule has 2 rings (SSSR count). The number of esters is 1. The minimum Gasteiger partial charge on any atom is -0.492 e. The molecular formula is C27H37N3O8S. The van der Waals surface area contributed by atoms with Crippen LogP contribution < -0.4 is 20.1 Å². The second-order valence-corrected chi connectivity index (χ2v) is 12.2. The molecule has 11 nitrogen and oxygen atoms in total. The van der Waals surface area contributed by atoms with E-state index >= 15 is 0 Å². The van der Waals surface area contributed by atoms with Gasteiger partial charge in [0, 0.05) is 12.1 Å². The smallest absolute Gasteiger partial charge is 0.407 e. The van der Waals surface area contributed by atoms with Gasteiger partial charge in [-0.2, -0.15) is 4.72 Å². The fourth-order valence-corrected chi connectivity index (χ4v) is 4.24. The van der Waals surface area contributed by atoms with E-state index in [-0.39, 0.29) is 30.2 Å². The molecule has 0 bridgehead atoms. The monoisotopic (exact) mass is 563 g/mol. The average Bonchev–Trinajstić information content (AvgIpc) is 2.83. The standard InChI is InChI=1S/C27H37N3O8S/c1-26(2,3)37-24(32)22(30-39(34,35)21-10-8-7-9-11-21)18-29-23(31)19-12-14-20(15-13-19)36-17-16-28-25(33)38-27(4,5)6/h7-15,22,30H,16-18H2,1-6H3,(H,28,33)(H,29,31). The zero-order valence-corrected chi connectivity index (χ0v) is 23.9. The number of benzene rings is 2. The number of hydrogen-bond acceptors (Lipinski definition) is 8. The first-order valence-electron chi connectivity index (χ1n) is 12.3. The molecule has 0 radical (unpaired) electrons. The molecule has 0 fully saturated rings. The minimum absolute atomic E-state index is 0.0261. The molecule has 0 spiro atoms. The van der Waals surface area contributed by atoms with Crippen LogP contribution in [0.4, 0.5) is 4.79 Å². The fourth-order valence-electron chi connectivity index (χ4n) is 3.04. The molecule has 1 atom stereocenters. The summed E-state index contributed by atoms with van der Waals surface area (Å²) in [5, 5.41) is 5.15. The Hall–Kier alpha value is -3.64. The lowest BCUT2D eigenvalue weighted by Gasteiger charge is -2.24. The zero-order chi connectivity index (χ0) is 29.3. The maximum absolute atomic E-state index is 12.8. The molecule has 0 aliphatic heterocycles. The van der Waals surface area contributed by atoms with E-state index in [0.717, 1.165) is 0 Å². The summed E-state index contributed by atoms with van der Waals surface area (Å²) < 4.78 is 44.0. The van der Waals surface area contributed by atoms with Gasteiger partial charge in [-0.3, -0.25) is 9.59 Å². The summed E-state index contributed by atoms with van der Waals surface area (Å²) in [6.45, 7) is 10.3. The number of carbonyl (C=O) groups excluding carboxylic acids is 3. The van der Waals surface area contributed by atoms with Gasteiger partial charge in [-0.1, -0.05) is 18.2 Å². The Morgan fingerprint density at radius 3 is 1.97 bits per heavy atom. The third-order valence-corrected chi connectivity index (χ3v) is 6.15. The zero-order valence-electron chi connectivity index (χ0n) is 23.1. The first-order valence-corrected chi connectivity index (χ1v) is 13.8. The van der Waals surface area contributed by atoms with Crippen molar-refractivity contribution in [2.45, 2.75) is 63.7 Å². The van der Waals surface area contributed by atoms with Crippen LogP contribution in [0.1, 0.15) is 51.9 Å². The van der Waals surface area contributed by atoms with E-state index in [4.69, 9.17) is 14.2 Å². The van der Waals surface area contributed by atoms with Gasteiger partial charge in [-0.15, -0.1) is 0 Å². The molecular weight excluding hydrogens is 526 g/mol. The second kappa shape index (κ2) is 13.4. The summed E-state index contributed by atoms with van der Waals surface area (Å²) in [6, 6.07) is 12.4. The van der Waals surface area contributed by atoms with Gasteiger partial charge in [0.15, 0.2) is 0 Å². The molecule has 0 aliphatic rings. The number of rotatable bonds is 11. The summed E-state index contributed by atoms with van der Waals surface area (Å²) in [6.07, 6.45) is -0.547. The lowest BCUT2D eigenvalue weighted by atomic mass is 10.2. The van der Waals surface area contributed by atoms with Gasteiger partial charge in [0.2, 0.25) is 10.0 Å². The molecule has 39 heavy (non-hydrogen) atoms. The predicted molar refractivity (Wildman–Crippen MR) is 145 cm³/mol. The van der Waals surface area contributed by atoms with Crippen molar-refractivity contribution >= 4 is 28.0 Å². The Bertz CT molecular complexity index is 1220. The number of alkyl carbamates (subject to hydrolysis) is 1. The van der Waals surface area contributed by atoms with Crippen molar-refractivity contribution in [3.63, 3.8) is 0 Å². The quantitative estimate of drug-likeness (QED) is 0.279. The molecule has 0 heterocycles. The lowest BCUT2D eigenvalue weighted by Crippen LogP contribution is -2.50. The van der Waals surface area contributed by atoms with Crippen LogP contribution in [0.2, 0.25) is 0 Å². The molecule has 0 aliphatic carbocycles. The predicted octanol–water partition coefficient (Wildman–Crippen LogP) is 3.01. The van der Waals surface area contributed by atoms with Gasteiger partial charge in [0.25, 0.3) is 5.91 Å². The van der Waals surface area contributed by atoms with Crippen molar-refractivity contribution in [2.75, 3.05) is 19.7 Å². The molecule has 2 aromatic rings. The van der Waals surface area contributed by atoms with E-state index in [1.807, 2.05) is 0 Å². The van der Waals surface area contributed by atoms with Crippen LogP contribution in [-0.4, -0.2) is 63.3 Å².